The maximum atomic E-state index is 11.9. The quantitative estimate of drug-likeness (QED) is 0.812. The Hall–Kier alpha value is -1.88. The van der Waals surface area contributed by atoms with Gasteiger partial charge in [0.15, 0.2) is 12.4 Å². The number of hydrogen-bond acceptors (Lipinski definition) is 4. The Kier molecular flexibility index (Phi) is 4.52. The van der Waals surface area contributed by atoms with Gasteiger partial charge in [0, 0.05) is 31.7 Å². The SMILES string of the molecule is CC(=O)c1ccc(OCC(=O)N2CCNCC2)cc1. The molecule has 0 aliphatic carbocycles. The maximum Gasteiger partial charge on any atom is 0.260 e. The number of ether oxygens (including phenoxy) is 1. The number of hydrogen-bond donors (Lipinski definition) is 1. The smallest absolute Gasteiger partial charge is 0.260 e. The molecule has 0 spiro atoms. The zero-order chi connectivity index (χ0) is 13.7. The first-order valence-electron chi connectivity index (χ1n) is 6.39. The zero-order valence-electron chi connectivity index (χ0n) is 11.0. The van der Waals surface area contributed by atoms with Crippen LogP contribution in [0, 0.1) is 0 Å². The van der Waals surface area contributed by atoms with Crippen molar-refractivity contribution in [3.63, 3.8) is 0 Å². The summed E-state index contributed by atoms with van der Waals surface area (Å²) in [6.07, 6.45) is 0. The second-order valence-corrected chi connectivity index (χ2v) is 4.50. The fraction of sp³-hybridized carbons (Fsp3) is 0.429. The molecule has 0 bridgehead atoms. The Morgan fingerprint density at radius 2 is 1.84 bits per heavy atom. The molecule has 1 N–H and O–H groups in total. The fourth-order valence-corrected chi connectivity index (χ4v) is 1.94. The van der Waals surface area contributed by atoms with Crippen molar-refractivity contribution in [2.45, 2.75) is 6.92 Å². The number of piperazine rings is 1. The van der Waals surface area contributed by atoms with Crippen molar-refractivity contribution >= 4 is 11.7 Å². The Balaban J connectivity index is 1.84. The van der Waals surface area contributed by atoms with Crippen LogP contribution in [0.25, 0.3) is 0 Å². The molecule has 1 aromatic carbocycles. The molecule has 0 radical (unpaired) electrons. The second-order valence-electron chi connectivity index (χ2n) is 4.50. The Morgan fingerprint density at radius 1 is 1.21 bits per heavy atom. The summed E-state index contributed by atoms with van der Waals surface area (Å²) in [6, 6.07) is 6.82. The monoisotopic (exact) mass is 262 g/mol. The molecule has 0 atom stereocenters. The van der Waals surface area contributed by atoms with E-state index in [2.05, 4.69) is 5.32 Å². The van der Waals surface area contributed by atoms with Gasteiger partial charge in [0.1, 0.15) is 5.75 Å². The van der Waals surface area contributed by atoms with Gasteiger partial charge in [0.05, 0.1) is 0 Å². The molecule has 5 heteroatoms. The van der Waals surface area contributed by atoms with E-state index in [9.17, 15) is 9.59 Å². The van der Waals surface area contributed by atoms with Gasteiger partial charge in [-0.1, -0.05) is 0 Å². The Labute approximate surface area is 112 Å². The molecule has 1 aliphatic heterocycles. The van der Waals surface area contributed by atoms with E-state index in [1.807, 2.05) is 0 Å². The van der Waals surface area contributed by atoms with Gasteiger partial charge < -0.3 is 15.0 Å². The first-order valence-corrected chi connectivity index (χ1v) is 6.39. The van der Waals surface area contributed by atoms with Gasteiger partial charge in [0.2, 0.25) is 0 Å². The molecule has 1 heterocycles. The zero-order valence-corrected chi connectivity index (χ0v) is 11.0. The van der Waals surface area contributed by atoms with Crippen molar-refractivity contribution in [1.29, 1.82) is 0 Å². The molecule has 1 amide bonds. The molecule has 2 rings (SSSR count). The average Bonchev–Trinajstić information content (AvgIpc) is 2.46. The van der Waals surface area contributed by atoms with Gasteiger partial charge >= 0.3 is 0 Å². The van der Waals surface area contributed by atoms with Crippen LogP contribution in [-0.2, 0) is 4.79 Å². The average molecular weight is 262 g/mol. The van der Waals surface area contributed by atoms with E-state index >= 15 is 0 Å². The van der Waals surface area contributed by atoms with E-state index in [0.717, 1.165) is 26.2 Å². The molecule has 0 saturated carbocycles. The van der Waals surface area contributed by atoms with Crippen LogP contribution >= 0.6 is 0 Å². The van der Waals surface area contributed by atoms with Crippen LogP contribution < -0.4 is 10.1 Å². The van der Waals surface area contributed by atoms with Crippen molar-refractivity contribution < 1.29 is 14.3 Å². The lowest BCUT2D eigenvalue weighted by atomic mass is 10.1. The molecule has 19 heavy (non-hydrogen) atoms. The van der Waals surface area contributed by atoms with Gasteiger partial charge in [-0.15, -0.1) is 0 Å². The van der Waals surface area contributed by atoms with E-state index in [4.69, 9.17) is 4.74 Å². The van der Waals surface area contributed by atoms with Gasteiger partial charge in [-0.2, -0.15) is 0 Å². The predicted molar refractivity (Wildman–Crippen MR) is 71.4 cm³/mol. The normalized spacial score (nSPS) is 15.1. The van der Waals surface area contributed by atoms with Crippen LogP contribution in [0.4, 0.5) is 0 Å². The van der Waals surface area contributed by atoms with Crippen LogP contribution in [0.3, 0.4) is 0 Å². The number of amides is 1. The first kappa shape index (κ1) is 13.5. The Morgan fingerprint density at radius 3 is 2.42 bits per heavy atom. The lowest BCUT2D eigenvalue weighted by Gasteiger charge is -2.27. The molecular formula is C14H18N2O3. The van der Waals surface area contributed by atoms with Crippen LogP contribution in [0.15, 0.2) is 24.3 Å². The number of nitrogens with zero attached hydrogens (tertiary/aromatic N) is 1. The lowest BCUT2D eigenvalue weighted by molar-refractivity contribution is -0.133. The second kappa shape index (κ2) is 6.33. The van der Waals surface area contributed by atoms with Crippen LogP contribution in [0.1, 0.15) is 17.3 Å². The number of carbonyl (C=O) groups excluding carboxylic acids is 2. The van der Waals surface area contributed by atoms with Crippen molar-refractivity contribution in [3.05, 3.63) is 29.8 Å². The van der Waals surface area contributed by atoms with E-state index in [0.29, 0.717) is 11.3 Å². The number of nitrogens with one attached hydrogen (secondary N) is 1. The van der Waals surface area contributed by atoms with Crippen molar-refractivity contribution in [3.8, 4) is 5.75 Å². The van der Waals surface area contributed by atoms with E-state index < -0.39 is 0 Å². The Bertz CT molecular complexity index is 450. The number of Topliss-reactive ketones (excluding diaryl/α,β-unsaturated/α-hetero) is 1. The molecule has 1 saturated heterocycles. The van der Waals surface area contributed by atoms with Gasteiger partial charge in [-0.3, -0.25) is 9.59 Å². The minimum absolute atomic E-state index is 0.00264. The molecule has 102 valence electrons. The highest BCUT2D eigenvalue weighted by molar-refractivity contribution is 5.94. The standard InChI is InChI=1S/C14H18N2O3/c1-11(17)12-2-4-13(5-3-12)19-10-14(18)16-8-6-15-7-9-16/h2-5,15H,6-10H2,1H3. The summed E-state index contributed by atoms with van der Waals surface area (Å²) in [5, 5.41) is 3.19. The molecule has 0 unspecified atom stereocenters. The first-order chi connectivity index (χ1) is 9.16. The molecule has 1 fully saturated rings. The number of ketones is 1. The molecule has 1 aliphatic rings. The summed E-state index contributed by atoms with van der Waals surface area (Å²) >= 11 is 0. The molecule has 5 nitrogen and oxygen atoms in total. The maximum absolute atomic E-state index is 11.9. The van der Waals surface area contributed by atoms with E-state index in [1.165, 1.54) is 6.92 Å². The van der Waals surface area contributed by atoms with Crippen molar-refractivity contribution in [1.82, 2.24) is 10.2 Å². The minimum Gasteiger partial charge on any atom is -0.484 e. The lowest BCUT2D eigenvalue weighted by Crippen LogP contribution is -2.47. The third-order valence-corrected chi connectivity index (χ3v) is 3.09. The number of benzene rings is 1. The highest BCUT2D eigenvalue weighted by Gasteiger charge is 2.16. The number of rotatable bonds is 4. The van der Waals surface area contributed by atoms with Gasteiger partial charge in [0.25, 0.3) is 5.91 Å². The van der Waals surface area contributed by atoms with Crippen LogP contribution in [0.5, 0.6) is 5.75 Å². The third-order valence-electron chi connectivity index (χ3n) is 3.09. The predicted octanol–water partition coefficient (Wildman–Crippen LogP) is 0.700. The molecular weight excluding hydrogens is 244 g/mol. The van der Waals surface area contributed by atoms with Crippen LogP contribution in [-0.4, -0.2) is 49.4 Å². The van der Waals surface area contributed by atoms with Crippen molar-refractivity contribution in [2.24, 2.45) is 0 Å². The van der Waals surface area contributed by atoms with E-state index in [1.54, 1.807) is 29.2 Å². The highest BCUT2D eigenvalue weighted by atomic mass is 16.5. The van der Waals surface area contributed by atoms with Gasteiger partial charge in [-0.05, 0) is 31.2 Å². The third kappa shape index (κ3) is 3.79. The summed E-state index contributed by atoms with van der Waals surface area (Å²) in [6.45, 7) is 4.68. The highest BCUT2D eigenvalue weighted by Crippen LogP contribution is 2.12. The summed E-state index contributed by atoms with van der Waals surface area (Å²) < 4.78 is 5.43. The summed E-state index contributed by atoms with van der Waals surface area (Å²) in [7, 11) is 0. The molecule has 1 aromatic rings. The number of carbonyl (C=O) groups is 2. The molecule has 0 aromatic heterocycles. The fourth-order valence-electron chi connectivity index (χ4n) is 1.94. The summed E-state index contributed by atoms with van der Waals surface area (Å²) in [5.41, 5.74) is 0.640. The van der Waals surface area contributed by atoms with Gasteiger partial charge in [-0.25, -0.2) is 0 Å². The van der Waals surface area contributed by atoms with Crippen LogP contribution in [0.2, 0.25) is 0 Å². The minimum atomic E-state index is -0.00264. The van der Waals surface area contributed by atoms with Crippen molar-refractivity contribution in [2.75, 3.05) is 32.8 Å². The summed E-state index contributed by atoms with van der Waals surface area (Å²) in [5.74, 6) is 0.620. The summed E-state index contributed by atoms with van der Waals surface area (Å²) in [4.78, 5) is 24.8. The largest absolute Gasteiger partial charge is 0.484 e. The van der Waals surface area contributed by atoms with E-state index in [-0.39, 0.29) is 18.3 Å². The topological polar surface area (TPSA) is 58.6 Å².